The smallest absolute Gasteiger partial charge is 0.262 e. The molecule has 5 aliphatic rings. The van der Waals surface area contributed by atoms with Gasteiger partial charge < -0.3 is 0 Å². The van der Waals surface area contributed by atoms with E-state index in [1.165, 1.54) is 42.3 Å². The van der Waals surface area contributed by atoms with E-state index in [2.05, 4.69) is 41.5 Å². The molecule has 4 aliphatic heterocycles. The molecule has 8 amide bonds. The molecule has 6 aromatic rings. The lowest BCUT2D eigenvalue weighted by atomic mass is 9.81. The van der Waals surface area contributed by atoms with Gasteiger partial charge in [0.1, 0.15) is 0 Å². The van der Waals surface area contributed by atoms with Crippen molar-refractivity contribution in [2.45, 2.75) is 208 Å². The third kappa shape index (κ3) is 10.8. The van der Waals surface area contributed by atoms with E-state index in [1.807, 2.05) is 0 Å². The van der Waals surface area contributed by atoms with E-state index in [1.54, 1.807) is 36.4 Å². The second-order valence-electron chi connectivity index (χ2n) is 25.0. The van der Waals surface area contributed by atoms with Crippen LogP contribution in [0.4, 0.5) is 0 Å². The van der Waals surface area contributed by atoms with Crippen molar-refractivity contribution in [3.8, 4) is 30.6 Å². The molecule has 0 atom stereocenters. The number of thiophene rings is 2. The van der Waals surface area contributed by atoms with Crippen molar-refractivity contribution in [1.82, 2.24) is 19.6 Å². The molecule has 13 nitrogen and oxygen atoms in total. The van der Waals surface area contributed by atoms with Crippen molar-refractivity contribution in [2.75, 3.05) is 26.2 Å². The number of rotatable bonds is 32. The minimum absolute atomic E-state index is 0.165. The third-order valence-electron chi connectivity index (χ3n) is 19.0. The number of hydrogen-bond donors (Lipinski definition) is 0. The van der Waals surface area contributed by atoms with Crippen molar-refractivity contribution in [3.05, 3.63) is 103 Å². The van der Waals surface area contributed by atoms with Gasteiger partial charge in [-0.05, 0) is 98.9 Å². The summed E-state index contributed by atoms with van der Waals surface area (Å²) in [6, 6.07) is 10.1. The fourth-order valence-electron chi connectivity index (χ4n) is 14.3. The highest BCUT2D eigenvalue weighted by atomic mass is 32.1. The number of fused-ring (bicyclic) bond motifs is 3. The highest BCUT2D eigenvalue weighted by Gasteiger charge is 2.47. The monoisotopic (exact) mass is 1220 g/mol. The number of nitrogens with zero attached hydrogens (tertiary/aromatic N) is 4. The topological polar surface area (TPSA) is 167 Å². The number of carbonyl (C=O) groups excluding carboxylic acids is 9. The standard InChI is InChI=1S/C73H84N4O9S2/c1-7-13-19-25-31-43-59-61(78)60-44(32-26-20-14-8-2)63(50-42-52-54-46(67(80)75(71(52)84)38-28-22-16-10-4)34-36-48-56(54)58(50)73(86)77(69(48)82)40-30-24-18-12-6)88-65(60)64(59)87-62(43)49-41-51-53-45(66(79)74(70(51)83)37-27-21-15-9-3)33-35-47-55(53)57(49)72(85)76(68(47)81)39-29-23-17-11-5/h33-36,41-42H,7-32,37-40H2,1-6H3. The molecule has 0 radical (unpaired) electrons. The van der Waals surface area contributed by atoms with Crippen LogP contribution in [0.3, 0.4) is 0 Å². The van der Waals surface area contributed by atoms with Crippen LogP contribution < -0.4 is 0 Å². The number of ketones is 1. The van der Waals surface area contributed by atoms with Gasteiger partial charge >= 0.3 is 0 Å². The zero-order valence-electron chi connectivity index (χ0n) is 52.5. The summed E-state index contributed by atoms with van der Waals surface area (Å²) in [5.41, 5.74) is 5.67. The maximum absolute atomic E-state index is 16.2. The number of imide groups is 4. The van der Waals surface area contributed by atoms with E-state index in [9.17, 15) is 19.2 Å². The third-order valence-corrected chi connectivity index (χ3v) is 21.7. The zero-order chi connectivity index (χ0) is 62.1. The summed E-state index contributed by atoms with van der Waals surface area (Å²) in [5.74, 6) is -3.92. The van der Waals surface area contributed by atoms with Crippen LogP contribution in [0.15, 0.2) is 36.4 Å². The Labute approximate surface area is 525 Å². The Bertz CT molecular complexity index is 3620. The van der Waals surface area contributed by atoms with Crippen molar-refractivity contribution >= 4 is 97.3 Å². The van der Waals surface area contributed by atoms with E-state index in [-0.39, 0.29) is 76.5 Å². The van der Waals surface area contributed by atoms with E-state index < -0.39 is 47.3 Å². The van der Waals surface area contributed by atoms with Gasteiger partial charge in [0, 0.05) is 113 Å². The largest absolute Gasteiger partial charge is 0.288 e. The Morgan fingerprint density at radius 2 is 0.545 bits per heavy atom. The predicted octanol–water partition coefficient (Wildman–Crippen LogP) is 17.6. The average molecular weight is 1230 g/mol. The molecule has 11 rings (SSSR count). The van der Waals surface area contributed by atoms with Crippen LogP contribution in [0.5, 0.6) is 0 Å². The Morgan fingerprint density at radius 1 is 0.273 bits per heavy atom. The van der Waals surface area contributed by atoms with Crippen LogP contribution >= 0.6 is 22.7 Å². The van der Waals surface area contributed by atoms with Gasteiger partial charge in [-0.2, -0.15) is 0 Å². The minimum Gasteiger partial charge on any atom is -0.288 e. The fourth-order valence-corrected chi connectivity index (χ4v) is 17.2. The highest BCUT2D eigenvalue weighted by Crippen LogP contribution is 2.58. The number of amides is 8. The molecule has 0 spiro atoms. The molecule has 0 bridgehead atoms. The van der Waals surface area contributed by atoms with Crippen LogP contribution in [-0.2, 0) is 12.8 Å². The Kier molecular flexibility index (Phi) is 19.2. The molecule has 2 aromatic heterocycles. The molecular weight excluding hydrogens is 1140 g/mol. The van der Waals surface area contributed by atoms with E-state index in [0.717, 1.165) is 140 Å². The van der Waals surface area contributed by atoms with E-state index >= 15 is 24.0 Å². The molecule has 15 heteroatoms. The summed E-state index contributed by atoms with van der Waals surface area (Å²) in [6.45, 7) is 13.6. The molecule has 462 valence electrons. The SMILES string of the molecule is CCCCCCc1c(-c2cc3c4c(ccc5c4c2C(=O)N(CCCCCC)C5=O)C(=O)N(CCCCCC)C3=O)sc2c1C(=O)c1c-2sc(-c2cc3c4c(ccc5c4c2C(=O)N(CCCCCC)C5=O)C(=O)N(CCCCCC)C3=O)c1CCCCCC. The number of carbonyl (C=O) groups is 9. The van der Waals surface area contributed by atoms with Gasteiger partial charge in [0.2, 0.25) is 0 Å². The molecule has 0 saturated heterocycles. The molecule has 6 heterocycles. The second kappa shape index (κ2) is 27.0. The summed E-state index contributed by atoms with van der Waals surface area (Å²) < 4.78 is 0. The first kappa shape index (κ1) is 62.6. The van der Waals surface area contributed by atoms with Gasteiger partial charge in [-0.1, -0.05) is 157 Å². The maximum Gasteiger partial charge on any atom is 0.262 e. The lowest BCUT2D eigenvalue weighted by Gasteiger charge is -2.33. The summed E-state index contributed by atoms with van der Waals surface area (Å²) in [7, 11) is 0. The van der Waals surface area contributed by atoms with E-state index in [0.29, 0.717) is 102 Å². The minimum atomic E-state index is -0.491. The number of hydrogen-bond acceptors (Lipinski definition) is 11. The fraction of sp³-hybridized carbons (Fsp3) is 0.493. The summed E-state index contributed by atoms with van der Waals surface area (Å²) in [6.07, 6.45) is 21.7. The molecule has 0 fully saturated rings. The van der Waals surface area contributed by atoms with Crippen LogP contribution in [0.2, 0.25) is 0 Å². The first-order chi connectivity index (χ1) is 42.8. The maximum atomic E-state index is 16.2. The zero-order valence-corrected chi connectivity index (χ0v) is 54.1. The van der Waals surface area contributed by atoms with E-state index in [4.69, 9.17) is 0 Å². The van der Waals surface area contributed by atoms with Crippen molar-refractivity contribution in [2.24, 2.45) is 0 Å². The average Bonchev–Trinajstić information content (AvgIpc) is 1.65. The van der Waals surface area contributed by atoms with Gasteiger partial charge in [-0.3, -0.25) is 62.8 Å². The molecule has 0 saturated carbocycles. The molecular formula is C73H84N4O9S2. The van der Waals surface area contributed by atoms with Crippen LogP contribution in [0.25, 0.3) is 52.2 Å². The molecule has 1 aliphatic carbocycles. The summed E-state index contributed by atoms with van der Waals surface area (Å²) >= 11 is 2.83. The summed E-state index contributed by atoms with van der Waals surface area (Å²) in [4.78, 5) is 144. The lowest BCUT2D eigenvalue weighted by Crippen LogP contribution is -2.44. The molecule has 0 unspecified atom stereocenters. The van der Waals surface area contributed by atoms with Gasteiger partial charge in [-0.15, -0.1) is 22.7 Å². The van der Waals surface area contributed by atoms with Crippen LogP contribution in [0.1, 0.15) is 306 Å². The Morgan fingerprint density at radius 3 is 0.852 bits per heavy atom. The number of unbranched alkanes of at least 4 members (excludes halogenated alkanes) is 18. The molecule has 4 aromatic carbocycles. The normalized spacial score (nSPS) is 15.0. The lowest BCUT2D eigenvalue weighted by molar-refractivity contribution is 0.0586. The van der Waals surface area contributed by atoms with Gasteiger partial charge in [-0.25, -0.2) is 0 Å². The van der Waals surface area contributed by atoms with Gasteiger partial charge in [0.25, 0.3) is 47.3 Å². The van der Waals surface area contributed by atoms with Gasteiger partial charge in [0.15, 0.2) is 5.78 Å². The van der Waals surface area contributed by atoms with Crippen molar-refractivity contribution in [3.63, 3.8) is 0 Å². The Hall–Kier alpha value is -6.97. The second-order valence-corrected chi connectivity index (χ2v) is 27.0. The number of benzene rings is 4. The summed E-state index contributed by atoms with van der Waals surface area (Å²) in [5, 5.41) is 1.24. The van der Waals surface area contributed by atoms with Crippen LogP contribution in [-0.4, -0.2) is 98.8 Å². The first-order valence-corrected chi connectivity index (χ1v) is 35.0. The van der Waals surface area contributed by atoms with Crippen molar-refractivity contribution < 1.29 is 43.2 Å². The molecule has 88 heavy (non-hydrogen) atoms. The highest BCUT2D eigenvalue weighted by molar-refractivity contribution is 7.26. The van der Waals surface area contributed by atoms with Crippen molar-refractivity contribution in [1.29, 1.82) is 0 Å². The first-order valence-electron chi connectivity index (χ1n) is 33.4. The van der Waals surface area contributed by atoms with Crippen LogP contribution in [0, 0.1) is 0 Å². The molecule has 0 N–H and O–H groups in total. The quantitative estimate of drug-likeness (QED) is 0.0294. The Balaban J connectivity index is 1.15. The predicted molar refractivity (Wildman–Crippen MR) is 351 cm³/mol. The van der Waals surface area contributed by atoms with Gasteiger partial charge in [0.05, 0.1) is 20.9 Å².